The van der Waals surface area contributed by atoms with Gasteiger partial charge in [-0.05, 0) is 69.3 Å². The van der Waals surface area contributed by atoms with Crippen LogP contribution in [0.4, 0.5) is 0 Å². The van der Waals surface area contributed by atoms with Crippen molar-refractivity contribution in [1.29, 1.82) is 0 Å². The molecule has 1 aliphatic carbocycles. The molecule has 1 saturated carbocycles. The maximum Gasteiger partial charge on any atom is 0.251 e. The van der Waals surface area contributed by atoms with Gasteiger partial charge in [0.1, 0.15) is 5.75 Å². The highest BCUT2D eigenvalue weighted by molar-refractivity contribution is 6.42. The molecule has 0 bridgehead atoms. The first-order chi connectivity index (χ1) is 14.2. The van der Waals surface area contributed by atoms with Crippen molar-refractivity contribution in [3.05, 3.63) is 63.6 Å². The van der Waals surface area contributed by atoms with E-state index in [4.69, 9.17) is 27.9 Å². The maximum absolute atomic E-state index is 12.7. The first-order valence-electron chi connectivity index (χ1n) is 10.0. The van der Waals surface area contributed by atoms with Gasteiger partial charge in [-0.15, -0.1) is 0 Å². The summed E-state index contributed by atoms with van der Waals surface area (Å²) in [4.78, 5) is 14.8. The summed E-state index contributed by atoms with van der Waals surface area (Å²) in [5.74, 6) is 0.487. The number of ether oxygens (including phenoxy) is 1. The fourth-order valence-corrected chi connectivity index (χ4v) is 4.53. The molecule has 1 fully saturated rings. The molecule has 0 radical (unpaired) electrons. The molecule has 162 valence electrons. The second kappa shape index (κ2) is 9.56. The van der Waals surface area contributed by atoms with Gasteiger partial charge in [-0.25, -0.2) is 0 Å². The number of rotatable bonds is 6. The van der Waals surface area contributed by atoms with E-state index in [1.807, 2.05) is 38.4 Å². The summed E-state index contributed by atoms with van der Waals surface area (Å²) >= 11 is 12.0. The van der Waals surface area contributed by atoms with Crippen LogP contribution >= 0.6 is 23.2 Å². The van der Waals surface area contributed by atoms with Gasteiger partial charge in [0.05, 0.1) is 22.8 Å². The van der Waals surface area contributed by atoms with Crippen molar-refractivity contribution in [1.82, 2.24) is 10.2 Å². The number of amides is 1. The summed E-state index contributed by atoms with van der Waals surface area (Å²) in [6.07, 6.45) is 1.88. The highest BCUT2D eigenvalue weighted by Crippen LogP contribution is 2.43. The number of hydrogen-bond donors (Lipinski definition) is 2. The third-order valence-electron chi connectivity index (χ3n) is 5.79. The summed E-state index contributed by atoms with van der Waals surface area (Å²) in [5, 5.41) is 15.6. The molecule has 1 aliphatic rings. The van der Waals surface area contributed by atoms with Crippen LogP contribution in [0.5, 0.6) is 5.75 Å². The smallest absolute Gasteiger partial charge is 0.251 e. The van der Waals surface area contributed by atoms with Crippen molar-refractivity contribution in [2.75, 3.05) is 27.7 Å². The van der Waals surface area contributed by atoms with E-state index >= 15 is 0 Å². The maximum atomic E-state index is 12.7. The predicted molar refractivity (Wildman–Crippen MR) is 121 cm³/mol. The summed E-state index contributed by atoms with van der Waals surface area (Å²) < 4.78 is 5.35. The third-order valence-corrected chi connectivity index (χ3v) is 6.53. The van der Waals surface area contributed by atoms with Crippen LogP contribution in [0, 0.1) is 5.92 Å². The average Bonchev–Trinajstić information content (AvgIpc) is 2.72. The van der Waals surface area contributed by atoms with Crippen LogP contribution in [0.25, 0.3) is 0 Å². The number of aliphatic hydroxyl groups is 1. The van der Waals surface area contributed by atoms with Gasteiger partial charge in [-0.2, -0.15) is 0 Å². The van der Waals surface area contributed by atoms with Crippen LogP contribution in [-0.4, -0.2) is 49.7 Å². The lowest BCUT2D eigenvalue weighted by molar-refractivity contribution is -0.0685. The Morgan fingerprint density at radius 2 is 2.00 bits per heavy atom. The number of methoxy groups -OCH3 is 1. The zero-order valence-corrected chi connectivity index (χ0v) is 19.0. The van der Waals surface area contributed by atoms with E-state index < -0.39 is 5.60 Å². The molecule has 2 N–H and O–H groups in total. The molecule has 3 unspecified atom stereocenters. The van der Waals surface area contributed by atoms with Crippen molar-refractivity contribution in [3.63, 3.8) is 0 Å². The quantitative estimate of drug-likeness (QED) is 0.686. The number of nitrogens with zero attached hydrogens (tertiary/aromatic N) is 1. The average molecular weight is 451 g/mol. The molecule has 0 spiro atoms. The summed E-state index contributed by atoms with van der Waals surface area (Å²) in [7, 11) is 5.60. The van der Waals surface area contributed by atoms with Crippen molar-refractivity contribution in [3.8, 4) is 5.75 Å². The molecule has 2 aromatic rings. The Bertz CT molecular complexity index is 906. The van der Waals surface area contributed by atoms with Gasteiger partial charge in [0.15, 0.2) is 0 Å². The standard InChI is InChI=1S/C23H28Cl2N2O3/c1-27(2)14-17-12-18(26-22(28)15-7-8-20(24)21(25)11-15)9-10-23(17,29)16-5-4-6-19(13-16)30-3/h4-8,11,13,17-18,29H,9-10,12,14H2,1-3H3,(H,26,28). The second-order valence-electron chi connectivity index (χ2n) is 8.19. The minimum atomic E-state index is -0.983. The van der Waals surface area contributed by atoms with Gasteiger partial charge in [-0.1, -0.05) is 35.3 Å². The number of carbonyl (C=O) groups is 1. The molecule has 1 amide bonds. The fourth-order valence-electron chi connectivity index (χ4n) is 4.23. The van der Waals surface area contributed by atoms with Crippen LogP contribution in [0.3, 0.4) is 0 Å². The Labute approximate surface area is 187 Å². The zero-order chi connectivity index (χ0) is 21.9. The first-order valence-corrected chi connectivity index (χ1v) is 10.8. The highest BCUT2D eigenvalue weighted by Gasteiger charge is 2.44. The molecule has 0 aromatic heterocycles. The van der Waals surface area contributed by atoms with Crippen molar-refractivity contribution < 1.29 is 14.6 Å². The van der Waals surface area contributed by atoms with Gasteiger partial charge >= 0.3 is 0 Å². The summed E-state index contributed by atoms with van der Waals surface area (Å²) in [6, 6.07) is 12.4. The largest absolute Gasteiger partial charge is 0.497 e. The lowest BCUT2D eigenvalue weighted by Gasteiger charge is -2.44. The van der Waals surface area contributed by atoms with E-state index in [0.29, 0.717) is 41.4 Å². The van der Waals surface area contributed by atoms with Gasteiger partial charge in [-0.3, -0.25) is 4.79 Å². The van der Waals surface area contributed by atoms with Crippen molar-refractivity contribution in [2.45, 2.75) is 30.9 Å². The zero-order valence-electron chi connectivity index (χ0n) is 17.5. The van der Waals surface area contributed by atoms with Crippen LogP contribution < -0.4 is 10.1 Å². The minimum Gasteiger partial charge on any atom is -0.497 e. The molecular formula is C23H28Cl2N2O3. The molecule has 5 nitrogen and oxygen atoms in total. The lowest BCUT2D eigenvalue weighted by atomic mass is 9.69. The SMILES string of the molecule is COc1cccc(C2(O)CCC(NC(=O)c3ccc(Cl)c(Cl)c3)CC2CN(C)C)c1. The van der Waals surface area contributed by atoms with Gasteiger partial charge in [0.2, 0.25) is 0 Å². The Kier molecular flexibility index (Phi) is 7.30. The molecule has 2 aromatic carbocycles. The normalized spacial score (nSPS) is 24.0. The fraction of sp³-hybridized carbons (Fsp3) is 0.435. The third kappa shape index (κ3) is 5.09. The van der Waals surface area contributed by atoms with Crippen LogP contribution in [0.1, 0.15) is 35.2 Å². The second-order valence-corrected chi connectivity index (χ2v) is 9.00. The molecule has 0 aliphatic heterocycles. The van der Waals surface area contributed by atoms with E-state index in [1.54, 1.807) is 25.3 Å². The summed E-state index contributed by atoms with van der Waals surface area (Å²) in [5.41, 5.74) is 0.342. The number of hydrogen-bond acceptors (Lipinski definition) is 4. The van der Waals surface area contributed by atoms with Gasteiger partial charge in [0.25, 0.3) is 5.91 Å². The molecule has 3 rings (SSSR count). The lowest BCUT2D eigenvalue weighted by Crippen LogP contribution is -2.50. The van der Waals surface area contributed by atoms with Crippen molar-refractivity contribution >= 4 is 29.1 Å². The predicted octanol–water partition coefficient (Wildman–Crippen LogP) is 4.35. The molecule has 3 atom stereocenters. The van der Waals surface area contributed by atoms with E-state index in [-0.39, 0.29) is 17.9 Å². The topological polar surface area (TPSA) is 61.8 Å². The van der Waals surface area contributed by atoms with E-state index in [9.17, 15) is 9.90 Å². The van der Waals surface area contributed by atoms with E-state index in [1.165, 1.54) is 0 Å². The van der Waals surface area contributed by atoms with Gasteiger partial charge in [0, 0.05) is 24.1 Å². The minimum absolute atomic E-state index is 0.0391. The van der Waals surface area contributed by atoms with E-state index in [2.05, 4.69) is 10.2 Å². The first kappa shape index (κ1) is 22.9. The highest BCUT2D eigenvalue weighted by atomic mass is 35.5. The van der Waals surface area contributed by atoms with Gasteiger partial charge < -0.3 is 20.1 Å². The Morgan fingerprint density at radius 1 is 1.23 bits per heavy atom. The molecule has 30 heavy (non-hydrogen) atoms. The number of nitrogens with one attached hydrogen (secondary N) is 1. The van der Waals surface area contributed by atoms with Crippen LogP contribution in [0.15, 0.2) is 42.5 Å². The summed E-state index contributed by atoms with van der Waals surface area (Å²) in [6.45, 7) is 0.701. The molecule has 7 heteroatoms. The Balaban J connectivity index is 1.78. The monoisotopic (exact) mass is 450 g/mol. The van der Waals surface area contributed by atoms with Crippen molar-refractivity contribution in [2.24, 2.45) is 5.92 Å². The Morgan fingerprint density at radius 3 is 2.67 bits per heavy atom. The van der Waals surface area contributed by atoms with Crippen LogP contribution in [0.2, 0.25) is 10.0 Å². The Hall–Kier alpha value is -1.79. The van der Waals surface area contributed by atoms with Crippen LogP contribution in [-0.2, 0) is 5.60 Å². The molecule has 0 heterocycles. The molecule has 0 saturated heterocycles. The number of carbonyl (C=O) groups excluding carboxylic acids is 1. The molecular weight excluding hydrogens is 423 g/mol. The van der Waals surface area contributed by atoms with E-state index in [0.717, 1.165) is 11.3 Å². The number of benzene rings is 2. The number of halogens is 2.